The highest BCUT2D eigenvalue weighted by Crippen LogP contribution is 2.40. The maximum atomic E-state index is 6.17. The van der Waals surface area contributed by atoms with Crippen LogP contribution in [-0.2, 0) is 37.9 Å². The second-order valence-corrected chi connectivity index (χ2v) is 17.9. The molecule has 6 N–H and O–H groups in total. The number of aromatic nitrogens is 9. The van der Waals surface area contributed by atoms with Crippen molar-refractivity contribution in [1.82, 2.24) is 43.6 Å². The summed E-state index contributed by atoms with van der Waals surface area (Å²) in [6.07, 6.45) is 16.0. The Morgan fingerprint density at radius 2 is 1.05 bits per heavy atom. The number of nitrogens with two attached hydrogens (primary N) is 3. The first-order valence-corrected chi connectivity index (χ1v) is 24.5. The van der Waals surface area contributed by atoms with Gasteiger partial charge in [0.05, 0.1) is 72.3 Å². The van der Waals surface area contributed by atoms with Crippen molar-refractivity contribution in [3.05, 3.63) is 55.8 Å². The first-order chi connectivity index (χ1) is 31.2. The zero-order valence-corrected chi connectivity index (χ0v) is 39.6. The number of fused-ring (bicyclic) bond motifs is 3. The molecule has 0 amide bonds. The topological polar surface area (TPSA) is 244 Å². The number of anilines is 3. The Hall–Kier alpha value is -4.01. The van der Waals surface area contributed by atoms with Crippen LogP contribution in [0, 0.1) is 0 Å². The average molecular weight is 943 g/mol. The summed E-state index contributed by atoms with van der Waals surface area (Å²) in [5, 5.41) is 0.174. The molecule has 3 aliphatic rings. The van der Waals surface area contributed by atoms with Crippen LogP contribution in [0.15, 0.2) is 55.8 Å². The maximum absolute atomic E-state index is 6.17. The van der Waals surface area contributed by atoms with Crippen LogP contribution in [0.4, 0.5) is 17.1 Å². The van der Waals surface area contributed by atoms with Crippen molar-refractivity contribution in [3.63, 3.8) is 0 Å². The molecular formula is C41H58N12O8S3. The van der Waals surface area contributed by atoms with Gasteiger partial charge in [-0.05, 0) is 37.0 Å². The molecule has 64 heavy (non-hydrogen) atoms. The molecule has 3 aliphatic heterocycles. The highest BCUT2D eigenvalue weighted by atomic mass is 32.2. The van der Waals surface area contributed by atoms with Crippen molar-refractivity contribution in [2.24, 2.45) is 0 Å². The quantitative estimate of drug-likeness (QED) is 0.138. The van der Waals surface area contributed by atoms with Crippen molar-refractivity contribution in [3.8, 4) is 0 Å². The summed E-state index contributed by atoms with van der Waals surface area (Å²) in [4.78, 5) is 26.2. The summed E-state index contributed by atoms with van der Waals surface area (Å²) in [7, 11) is 8.44. The molecule has 3 saturated heterocycles. The second kappa shape index (κ2) is 22.0. The number of imidazole rings is 3. The van der Waals surface area contributed by atoms with Crippen LogP contribution in [0.3, 0.4) is 0 Å². The first-order valence-electron chi connectivity index (χ1n) is 20.4. The Balaban J connectivity index is 0.000000144. The minimum Gasteiger partial charge on any atom is -0.397 e. The molecule has 0 saturated carbocycles. The number of ether oxygens (including phenoxy) is 8. The largest absolute Gasteiger partial charge is 0.397 e. The van der Waals surface area contributed by atoms with Crippen molar-refractivity contribution in [1.29, 1.82) is 0 Å². The van der Waals surface area contributed by atoms with E-state index in [4.69, 9.17) is 55.1 Å². The van der Waals surface area contributed by atoms with Gasteiger partial charge in [0.25, 0.3) is 0 Å². The monoisotopic (exact) mass is 942 g/mol. The van der Waals surface area contributed by atoms with Gasteiger partial charge in [0.15, 0.2) is 29.4 Å². The summed E-state index contributed by atoms with van der Waals surface area (Å²) >= 11 is 5.19. The fourth-order valence-electron chi connectivity index (χ4n) is 8.41. The van der Waals surface area contributed by atoms with Crippen LogP contribution in [0.1, 0.15) is 25.1 Å². The van der Waals surface area contributed by atoms with E-state index in [0.29, 0.717) is 46.0 Å². The van der Waals surface area contributed by atoms with Gasteiger partial charge in [0, 0.05) is 72.1 Å². The van der Waals surface area contributed by atoms with E-state index < -0.39 is 0 Å². The smallest absolute Gasteiger partial charge is 0.166 e. The van der Waals surface area contributed by atoms with Gasteiger partial charge in [-0.15, -0.1) is 0 Å². The van der Waals surface area contributed by atoms with Crippen molar-refractivity contribution >= 4 is 85.8 Å². The van der Waals surface area contributed by atoms with E-state index in [1.165, 1.54) is 0 Å². The molecule has 6 aromatic heterocycles. The van der Waals surface area contributed by atoms with Gasteiger partial charge < -0.3 is 55.1 Å². The highest BCUT2D eigenvalue weighted by molar-refractivity contribution is 7.99. The van der Waals surface area contributed by atoms with E-state index in [-0.39, 0.29) is 66.7 Å². The van der Waals surface area contributed by atoms with Gasteiger partial charge in [-0.3, -0.25) is 13.7 Å². The maximum Gasteiger partial charge on any atom is 0.166 e. The normalized spacial score (nSPS) is 27.8. The third-order valence-electron chi connectivity index (χ3n) is 11.5. The molecule has 6 aromatic rings. The fraction of sp³-hybridized carbons (Fsp3) is 0.561. The van der Waals surface area contributed by atoms with Crippen LogP contribution < -0.4 is 17.2 Å². The lowest BCUT2D eigenvalue weighted by Crippen LogP contribution is -2.36. The molecule has 348 valence electrons. The Bertz CT molecular complexity index is 2310. The van der Waals surface area contributed by atoms with Gasteiger partial charge in [-0.2, -0.15) is 35.3 Å². The molecule has 0 aromatic carbocycles. The molecule has 5 unspecified atom stereocenters. The Kier molecular flexibility index (Phi) is 16.5. The molecule has 3 fully saturated rings. The average Bonchev–Trinajstić information content (AvgIpc) is 4.16. The molecule has 23 heteroatoms. The molecule has 20 nitrogen and oxygen atoms in total. The van der Waals surface area contributed by atoms with Gasteiger partial charge in [-0.1, -0.05) is 0 Å². The highest BCUT2D eigenvalue weighted by Gasteiger charge is 2.47. The standard InChI is InChI=1S/2C14H20N4O3S.C13H18N4O2S/c1-19-6-9-12(22-3)11(20-2)14(21-9)18-7-17-10-8(15)4-5-16-13(10)18;1-19-11-9(6-22-3)21-14(12(11)20-2)18-7-17-10-8(15)4-5-16-13(10)18;1-18-9-5-11(19-10(9)6-20-2)17-7-16-12-8(14)3-4-15-13(12)17/h2*4-5,7,9,11-12,14H,6H2,1-3H3,(H2,15,16);3-4,7,9-11H,5-6H2,1-2H3,(H2,14,15)/t2*9-,11?,12?,14-;9?,10-,11-/m111/s1. The van der Waals surface area contributed by atoms with Crippen LogP contribution in [-0.4, -0.2) is 164 Å². The third-order valence-corrected chi connectivity index (χ3v) is 13.9. The minimum absolute atomic E-state index is 0.0477. The van der Waals surface area contributed by atoms with E-state index in [9.17, 15) is 0 Å². The summed E-state index contributed by atoms with van der Waals surface area (Å²) in [6, 6.07) is 5.22. The van der Waals surface area contributed by atoms with Gasteiger partial charge in [0.2, 0.25) is 0 Å². The SMILES string of the molecule is COC1C(OC)[C@@H](CSC)O[C@H]1n1cnc2c(N)ccnc21.COC1C[C@H](n2cnc3c(N)ccnc32)O[C@@H]1CSC.COC[C@H]1O[C@@H](n2cnc3c(N)ccnc32)C(OC)C1SC. The number of pyridine rings is 3. The predicted molar refractivity (Wildman–Crippen MR) is 251 cm³/mol. The van der Waals surface area contributed by atoms with Gasteiger partial charge >= 0.3 is 0 Å². The number of methoxy groups -OCH3 is 5. The Morgan fingerprint density at radius 1 is 0.578 bits per heavy atom. The van der Waals surface area contributed by atoms with Crippen molar-refractivity contribution in [2.75, 3.05) is 89.6 Å². The molecule has 0 radical (unpaired) electrons. The first kappa shape index (κ1) is 47.9. The molecule has 11 atom stereocenters. The molecule has 0 spiro atoms. The summed E-state index contributed by atoms with van der Waals surface area (Å²) in [5.41, 5.74) is 23.9. The Morgan fingerprint density at radius 3 is 1.52 bits per heavy atom. The molecule has 0 bridgehead atoms. The third kappa shape index (κ3) is 9.61. The van der Waals surface area contributed by atoms with E-state index in [2.05, 4.69) is 36.2 Å². The second-order valence-electron chi connectivity index (χ2n) is 15.1. The van der Waals surface area contributed by atoms with Crippen LogP contribution in [0.25, 0.3) is 33.5 Å². The van der Waals surface area contributed by atoms with Gasteiger partial charge in [-0.25, -0.2) is 29.9 Å². The van der Waals surface area contributed by atoms with Crippen LogP contribution in [0.2, 0.25) is 0 Å². The summed E-state index contributed by atoms with van der Waals surface area (Å²) in [6.45, 7) is 0.518. The van der Waals surface area contributed by atoms with E-state index in [0.717, 1.165) is 29.1 Å². The van der Waals surface area contributed by atoms with Gasteiger partial charge in [0.1, 0.15) is 41.1 Å². The number of nitrogen functional groups attached to an aromatic ring is 3. The summed E-state index contributed by atoms with van der Waals surface area (Å²) < 4.78 is 51.9. The van der Waals surface area contributed by atoms with Crippen LogP contribution >= 0.6 is 35.3 Å². The molecule has 0 aliphatic carbocycles. The Labute approximate surface area is 384 Å². The number of rotatable bonds is 14. The lowest BCUT2D eigenvalue weighted by molar-refractivity contribution is -0.0625. The number of thioether (sulfide) groups is 3. The van der Waals surface area contributed by atoms with E-state index in [1.807, 2.05) is 26.2 Å². The lowest BCUT2D eigenvalue weighted by Gasteiger charge is -2.22. The van der Waals surface area contributed by atoms with Crippen LogP contribution in [0.5, 0.6) is 0 Å². The fourth-order valence-corrected chi connectivity index (χ4v) is 10.6. The minimum atomic E-state index is -0.341. The number of nitrogens with zero attached hydrogens (tertiary/aromatic N) is 9. The van der Waals surface area contributed by atoms with Crippen molar-refractivity contribution < 1.29 is 37.9 Å². The zero-order valence-electron chi connectivity index (χ0n) is 37.1. The molecule has 9 rings (SSSR count). The predicted octanol–water partition coefficient (Wildman–Crippen LogP) is 4.29. The summed E-state index contributed by atoms with van der Waals surface area (Å²) in [5.74, 6) is 1.74. The van der Waals surface area contributed by atoms with E-state index in [1.54, 1.807) is 127 Å². The lowest BCUT2D eigenvalue weighted by atomic mass is 10.1. The zero-order chi connectivity index (χ0) is 45.5. The molecule has 9 heterocycles. The number of hydrogen-bond donors (Lipinski definition) is 3. The molecular weight excluding hydrogens is 885 g/mol. The number of hydrogen-bond acceptors (Lipinski definition) is 20. The van der Waals surface area contributed by atoms with Crippen molar-refractivity contribution in [2.45, 2.75) is 73.1 Å². The van der Waals surface area contributed by atoms with E-state index >= 15 is 0 Å².